The predicted octanol–water partition coefficient (Wildman–Crippen LogP) is 5.98. The van der Waals surface area contributed by atoms with E-state index in [1.807, 2.05) is 41.8 Å². The molecule has 4 aromatic rings. The highest BCUT2D eigenvalue weighted by molar-refractivity contribution is 7.80. The molecule has 8 heteroatoms. The molecule has 6 nitrogen and oxygen atoms in total. The van der Waals surface area contributed by atoms with Crippen molar-refractivity contribution in [3.05, 3.63) is 94.3 Å². The summed E-state index contributed by atoms with van der Waals surface area (Å²) in [6, 6.07) is 20.1. The van der Waals surface area contributed by atoms with Crippen molar-refractivity contribution in [1.29, 1.82) is 0 Å². The summed E-state index contributed by atoms with van der Waals surface area (Å²) in [5, 5.41) is 10.4. The van der Waals surface area contributed by atoms with Gasteiger partial charge in [0.1, 0.15) is 5.75 Å². The van der Waals surface area contributed by atoms with E-state index in [4.69, 9.17) is 26.5 Å². The maximum atomic E-state index is 5.83. The molecule has 0 fully saturated rings. The number of aryl methyl sites for hydroxylation is 1. The quantitative estimate of drug-likeness (QED) is 0.335. The van der Waals surface area contributed by atoms with Gasteiger partial charge in [-0.2, -0.15) is 4.98 Å². The zero-order chi connectivity index (χ0) is 23.7. The number of methoxy groups -OCH3 is 1. The van der Waals surface area contributed by atoms with Crippen LogP contribution >= 0.6 is 23.6 Å². The molecular weight excluding hydrogens is 464 g/mol. The first kappa shape index (κ1) is 22.3. The van der Waals surface area contributed by atoms with Crippen LogP contribution in [-0.4, -0.2) is 27.3 Å². The largest absolute Gasteiger partial charge is 0.497 e. The molecule has 2 aromatic heterocycles. The maximum absolute atomic E-state index is 5.83. The first-order chi connectivity index (χ1) is 16.5. The average Bonchev–Trinajstić information content (AvgIpc) is 3.54. The van der Waals surface area contributed by atoms with E-state index in [1.165, 1.54) is 11.1 Å². The van der Waals surface area contributed by atoms with Crippen molar-refractivity contribution < 1.29 is 9.26 Å². The highest BCUT2D eigenvalue weighted by Crippen LogP contribution is 2.39. The third-order valence-electron chi connectivity index (χ3n) is 5.84. The Kier molecular flexibility index (Phi) is 6.17. The SMILES string of the molecule is COc1cccc(C2NC(=S)N(Cc3cccc(C)c3)C(C)=C2c2nc(-c3cccs3)no2)c1. The number of benzene rings is 2. The summed E-state index contributed by atoms with van der Waals surface area (Å²) in [5.74, 6) is 1.82. The number of nitrogens with one attached hydrogen (secondary N) is 1. The van der Waals surface area contributed by atoms with Crippen LogP contribution in [0.4, 0.5) is 0 Å². The normalized spacial score (nSPS) is 16.0. The second-order valence-corrected chi connectivity index (χ2v) is 9.47. The Morgan fingerprint density at radius 2 is 1.97 bits per heavy atom. The van der Waals surface area contributed by atoms with Gasteiger partial charge in [0.05, 0.1) is 23.6 Å². The summed E-state index contributed by atoms with van der Waals surface area (Å²) >= 11 is 7.41. The highest BCUT2D eigenvalue weighted by atomic mass is 32.1. The summed E-state index contributed by atoms with van der Waals surface area (Å²) in [6.45, 7) is 4.79. The van der Waals surface area contributed by atoms with Crippen LogP contribution in [0.15, 0.2) is 76.3 Å². The van der Waals surface area contributed by atoms with Gasteiger partial charge in [-0.25, -0.2) is 0 Å². The smallest absolute Gasteiger partial charge is 0.258 e. The molecule has 1 unspecified atom stereocenters. The molecule has 172 valence electrons. The second kappa shape index (κ2) is 9.40. The number of rotatable bonds is 6. The fourth-order valence-corrected chi connectivity index (χ4v) is 5.12. The molecule has 0 saturated carbocycles. The Hall–Kier alpha value is -3.49. The zero-order valence-electron chi connectivity index (χ0n) is 19.1. The van der Waals surface area contributed by atoms with E-state index in [1.54, 1.807) is 18.4 Å². The number of aromatic nitrogens is 2. The lowest BCUT2D eigenvalue weighted by Gasteiger charge is -2.37. The van der Waals surface area contributed by atoms with Gasteiger partial charge in [-0.15, -0.1) is 11.3 Å². The summed E-state index contributed by atoms with van der Waals surface area (Å²) < 4.78 is 11.3. The molecule has 0 spiro atoms. The number of thiophene rings is 1. The molecule has 1 N–H and O–H groups in total. The number of hydrogen-bond acceptors (Lipinski definition) is 6. The van der Waals surface area contributed by atoms with Crippen LogP contribution in [0.1, 0.15) is 35.5 Å². The molecule has 0 bridgehead atoms. The van der Waals surface area contributed by atoms with Crippen molar-refractivity contribution in [2.24, 2.45) is 0 Å². The fraction of sp³-hybridized carbons (Fsp3) is 0.192. The number of hydrogen-bond donors (Lipinski definition) is 1. The lowest BCUT2D eigenvalue weighted by molar-refractivity contribution is 0.395. The van der Waals surface area contributed by atoms with Crippen LogP contribution in [0.2, 0.25) is 0 Å². The van der Waals surface area contributed by atoms with E-state index < -0.39 is 0 Å². The van der Waals surface area contributed by atoms with Gasteiger partial charge in [-0.05, 0) is 60.8 Å². The molecule has 34 heavy (non-hydrogen) atoms. The standard InChI is InChI=1S/C26H24N4O2S2/c1-16-7-4-8-18(13-16)15-30-17(2)22(25-28-24(29-32-25)21-11-6-12-34-21)23(27-26(30)33)19-9-5-10-20(14-19)31-3/h4-14,23H,15H2,1-3H3,(H,27,33). The van der Waals surface area contributed by atoms with Crippen molar-refractivity contribution in [1.82, 2.24) is 20.4 Å². The lowest BCUT2D eigenvalue weighted by Crippen LogP contribution is -2.45. The second-order valence-electron chi connectivity index (χ2n) is 8.13. The number of thiocarbonyl (C=S) groups is 1. The average molecular weight is 489 g/mol. The van der Waals surface area contributed by atoms with Gasteiger partial charge in [-0.3, -0.25) is 0 Å². The maximum Gasteiger partial charge on any atom is 0.258 e. The third-order valence-corrected chi connectivity index (χ3v) is 7.05. The van der Waals surface area contributed by atoms with E-state index in [0.717, 1.165) is 27.5 Å². The van der Waals surface area contributed by atoms with Gasteiger partial charge in [0.15, 0.2) is 5.11 Å². The summed E-state index contributed by atoms with van der Waals surface area (Å²) in [4.78, 5) is 7.81. The Balaban J connectivity index is 1.61. The van der Waals surface area contributed by atoms with E-state index in [9.17, 15) is 0 Å². The molecular formula is C26H24N4O2S2. The first-order valence-electron chi connectivity index (χ1n) is 10.9. The lowest BCUT2D eigenvalue weighted by atomic mass is 9.94. The minimum atomic E-state index is -0.256. The Morgan fingerprint density at radius 1 is 1.12 bits per heavy atom. The zero-order valence-corrected chi connectivity index (χ0v) is 20.7. The van der Waals surface area contributed by atoms with Crippen molar-refractivity contribution in [3.8, 4) is 16.5 Å². The minimum absolute atomic E-state index is 0.256. The molecule has 2 aromatic carbocycles. The molecule has 1 atom stereocenters. The van der Waals surface area contributed by atoms with Crippen molar-refractivity contribution in [3.63, 3.8) is 0 Å². The van der Waals surface area contributed by atoms with Gasteiger partial charge in [-0.1, -0.05) is 53.2 Å². The van der Waals surface area contributed by atoms with E-state index in [2.05, 4.69) is 53.5 Å². The fourth-order valence-electron chi connectivity index (χ4n) is 4.15. The molecule has 1 aliphatic rings. The monoisotopic (exact) mass is 488 g/mol. The van der Waals surface area contributed by atoms with Gasteiger partial charge in [0.2, 0.25) is 5.82 Å². The number of allylic oxidation sites excluding steroid dienone is 1. The Morgan fingerprint density at radius 3 is 2.74 bits per heavy atom. The van der Waals surface area contributed by atoms with Gasteiger partial charge >= 0.3 is 0 Å². The van der Waals surface area contributed by atoms with Gasteiger partial charge in [0, 0.05) is 12.2 Å². The molecule has 0 amide bonds. The van der Waals surface area contributed by atoms with E-state index in [0.29, 0.717) is 23.4 Å². The van der Waals surface area contributed by atoms with E-state index >= 15 is 0 Å². The molecule has 0 radical (unpaired) electrons. The number of nitrogens with zero attached hydrogens (tertiary/aromatic N) is 3. The van der Waals surface area contributed by atoms with Gasteiger partial charge in [0.25, 0.3) is 5.89 Å². The van der Waals surface area contributed by atoms with Crippen LogP contribution in [0.25, 0.3) is 16.3 Å². The first-order valence-corrected chi connectivity index (χ1v) is 12.2. The Labute approximate surface area is 207 Å². The summed E-state index contributed by atoms with van der Waals surface area (Å²) in [7, 11) is 1.66. The topological polar surface area (TPSA) is 63.4 Å². The summed E-state index contributed by atoms with van der Waals surface area (Å²) in [6.07, 6.45) is 0. The predicted molar refractivity (Wildman–Crippen MR) is 138 cm³/mol. The van der Waals surface area contributed by atoms with Crippen LogP contribution in [0.3, 0.4) is 0 Å². The van der Waals surface area contributed by atoms with Crippen LogP contribution in [0, 0.1) is 6.92 Å². The Bertz CT molecular complexity index is 1360. The van der Waals surface area contributed by atoms with E-state index in [-0.39, 0.29) is 6.04 Å². The molecule has 5 rings (SSSR count). The van der Waals surface area contributed by atoms with Gasteiger partial charge < -0.3 is 19.5 Å². The third kappa shape index (κ3) is 4.34. The van der Waals surface area contributed by atoms with Crippen LogP contribution in [-0.2, 0) is 6.54 Å². The van der Waals surface area contributed by atoms with Crippen molar-refractivity contribution in [2.75, 3.05) is 7.11 Å². The minimum Gasteiger partial charge on any atom is -0.497 e. The molecule has 0 saturated heterocycles. The number of ether oxygens (including phenoxy) is 1. The highest BCUT2D eigenvalue weighted by Gasteiger charge is 2.34. The molecule has 3 heterocycles. The molecule has 0 aliphatic carbocycles. The van der Waals surface area contributed by atoms with Crippen molar-refractivity contribution >= 4 is 34.2 Å². The van der Waals surface area contributed by atoms with Crippen LogP contribution in [0.5, 0.6) is 5.75 Å². The van der Waals surface area contributed by atoms with Crippen molar-refractivity contribution in [2.45, 2.75) is 26.4 Å². The summed E-state index contributed by atoms with van der Waals surface area (Å²) in [5.41, 5.74) is 5.25. The molecule has 1 aliphatic heterocycles. The van der Waals surface area contributed by atoms with Crippen LogP contribution < -0.4 is 10.1 Å².